The molecule has 12 heteroatoms. The summed E-state index contributed by atoms with van der Waals surface area (Å²) in [7, 11) is 1.47. The molecule has 0 saturated carbocycles. The minimum absolute atomic E-state index is 0.0334. The average molecular weight is 390 g/mol. The van der Waals surface area contributed by atoms with E-state index < -0.39 is 35.0 Å². The van der Waals surface area contributed by atoms with Crippen molar-refractivity contribution in [1.82, 2.24) is 20.6 Å². The maximum absolute atomic E-state index is 14.7. The summed E-state index contributed by atoms with van der Waals surface area (Å²) in [6, 6.07) is -1.02. The van der Waals surface area contributed by atoms with E-state index in [9.17, 15) is 23.7 Å². The van der Waals surface area contributed by atoms with E-state index in [0.717, 1.165) is 6.20 Å². The zero-order valence-corrected chi connectivity index (χ0v) is 15.6. The Balaban J connectivity index is 2.08. The van der Waals surface area contributed by atoms with Gasteiger partial charge in [-0.3, -0.25) is 15.5 Å². The largest absolute Gasteiger partial charge is 0.443 e. The summed E-state index contributed by atoms with van der Waals surface area (Å²) in [6.07, 6.45) is -3.07. The molecule has 2 heterocycles. The number of rotatable bonds is 4. The van der Waals surface area contributed by atoms with Crippen molar-refractivity contribution in [2.45, 2.75) is 51.2 Å². The third kappa shape index (κ3) is 5.49. The second-order valence-corrected chi connectivity index (χ2v) is 7.37. The van der Waals surface area contributed by atoms with E-state index in [1.807, 2.05) is 0 Å². The van der Waals surface area contributed by atoms with E-state index in [2.05, 4.69) is 16.0 Å². The molecule has 3 atom stereocenters. The highest BCUT2D eigenvalue weighted by molar-refractivity contribution is 5.67. The van der Waals surface area contributed by atoms with Crippen LogP contribution in [0.25, 0.3) is 0 Å². The zero-order valence-electron chi connectivity index (χ0n) is 15.6. The second kappa shape index (κ2) is 8.03. The molecule has 1 saturated heterocycles. The highest BCUT2D eigenvalue weighted by Crippen LogP contribution is 2.30. The van der Waals surface area contributed by atoms with Gasteiger partial charge in [-0.2, -0.15) is 5.10 Å². The fraction of sp³-hybridized carbons (Fsp3) is 0.733. The van der Waals surface area contributed by atoms with Crippen LogP contribution in [0.3, 0.4) is 0 Å². The maximum atomic E-state index is 14.7. The highest BCUT2D eigenvalue weighted by atomic mass is 19.1. The van der Waals surface area contributed by atoms with Gasteiger partial charge in [-0.25, -0.2) is 23.7 Å². The van der Waals surface area contributed by atoms with Crippen molar-refractivity contribution in [3.63, 3.8) is 0 Å². The number of ether oxygens (including phenoxy) is 1. The van der Waals surface area contributed by atoms with Crippen molar-refractivity contribution in [2.75, 3.05) is 18.0 Å². The Hall–Kier alpha value is -2.50. The molecular formula is C15H24F2N6O4. The second-order valence-electron chi connectivity index (χ2n) is 7.37. The number of aryl methyl sites for hydroxylation is 1. The van der Waals surface area contributed by atoms with Crippen LogP contribution in [0.2, 0.25) is 0 Å². The van der Waals surface area contributed by atoms with Crippen LogP contribution < -0.4 is 15.8 Å². The number of hydrogen-bond acceptors (Lipinski definition) is 7. The van der Waals surface area contributed by atoms with Gasteiger partial charge in [0.2, 0.25) is 5.82 Å². The van der Waals surface area contributed by atoms with Crippen molar-refractivity contribution in [3.05, 3.63) is 16.3 Å². The van der Waals surface area contributed by atoms with Crippen LogP contribution in [0, 0.1) is 10.1 Å². The standard InChI is InChI=1S/C15H24F2N6O4/c1-15(2,3)27-14(24)20-19-11-5-9(16)7-22(8-10(11)17)13-12(23(25)26)6-18-21(13)4/h6,9-11,19H,5,7-8H2,1-4H3,(H,20,24). The van der Waals surface area contributed by atoms with Gasteiger partial charge in [-0.05, 0) is 20.8 Å². The van der Waals surface area contributed by atoms with Crippen molar-refractivity contribution in [2.24, 2.45) is 7.05 Å². The SMILES string of the molecule is Cn1ncc([N+](=O)[O-])c1N1CC(F)CC(NNC(=O)OC(C)(C)C)C(F)C1. The molecule has 0 spiro atoms. The number of nitrogens with one attached hydrogen (secondary N) is 2. The molecule has 0 aromatic carbocycles. The molecule has 0 bridgehead atoms. The summed E-state index contributed by atoms with van der Waals surface area (Å²) in [4.78, 5) is 23.4. The third-order valence-corrected chi connectivity index (χ3v) is 3.90. The summed E-state index contributed by atoms with van der Waals surface area (Å²) in [6.45, 7) is 4.49. The molecule has 10 nitrogen and oxygen atoms in total. The summed E-state index contributed by atoms with van der Waals surface area (Å²) in [5, 5.41) is 15.0. The predicted molar refractivity (Wildman–Crippen MR) is 92.8 cm³/mol. The van der Waals surface area contributed by atoms with Crippen LogP contribution in [0.15, 0.2) is 6.20 Å². The number of carbonyl (C=O) groups is 1. The molecule has 152 valence electrons. The minimum atomic E-state index is -1.60. The molecule has 27 heavy (non-hydrogen) atoms. The van der Waals surface area contributed by atoms with Gasteiger partial charge in [0, 0.05) is 13.5 Å². The maximum Gasteiger partial charge on any atom is 0.422 e. The molecule has 1 aromatic heterocycles. The van der Waals surface area contributed by atoms with Crippen LogP contribution in [0.4, 0.5) is 25.1 Å². The number of alkyl halides is 2. The van der Waals surface area contributed by atoms with Crippen LogP contribution in [0.5, 0.6) is 0 Å². The number of nitro groups is 1. The third-order valence-electron chi connectivity index (χ3n) is 3.90. The summed E-state index contributed by atoms with van der Waals surface area (Å²) in [5.74, 6) is 0.0334. The first-order chi connectivity index (χ1) is 12.5. The molecule has 0 radical (unpaired) electrons. The van der Waals surface area contributed by atoms with E-state index in [0.29, 0.717) is 0 Å². The molecule has 1 fully saturated rings. The fourth-order valence-electron chi connectivity index (χ4n) is 2.84. The van der Waals surface area contributed by atoms with E-state index in [4.69, 9.17) is 4.74 Å². The molecular weight excluding hydrogens is 366 g/mol. The molecule has 3 unspecified atom stereocenters. The smallest absolute Gasteiger partial charge is 0.422 e. The molecule has 1 amide bonds. The van der Waals surface area contributed by atoms with E-state index >= 15 is 0 Å². The highest BCUT2D eigenvalue weighted by Gasteiger charge is 2.36. The minimum Gasteiger partial charge on any atom is -0.443 e. The normalized spacial score (nSPS) is 23.6. The lowest BCUT2D eigenvalue weighted by molar-refractivity contribution is -0.384. The average Bonchev–Trinajstić information content (AvgIpc) is 2.84. The number of aromatic nitrogens is 2. The van der Waals surface area contributed by atoms with Crippen LogP contribution in [-0.4, -0.2) is 57.9 Å². The Morgan fingerprint density at radius 1 is 1.41 bits per heavy atom. The number of nitrogens with zero attached hydrogens (tertiary/aromatic N) is 4. The predicted octanol–water partition coefficient (Wildman–Crippen LogP) is 1.61. The van der Waals surface area contributed by atoms with Crippen molar-refractivity contribution < 1.29 is 23.2 Å². The topological polar surface area (TPSA) is 115 Å². The quantitative estimate of drug-likeness (QED) is 0.593. The number of hydrazine groups is 1. The van der Waals surface area contributed by atoms with Gasteiger partial charge in [0.05, 0.1) is 24.1 Å². The van der Waals surface area contributed by atoms with Crippen LogP contribution in [-0.2, 0) is 11.8 Å². The Kier molecular flexibility index (Phi) is 6.19. The number of halogens is 2. The summed E-state index contributed by atoms with van der Waals surface area (Å²) in [5.41, 5.74) is 3.62. The number of hydrogen-bond donors (Lipinski definition) is 2. The first kappa shape index (κ1) is 20.8. The molecule has 2 rings (SSSR count). The monoisotopic (exact) mass is 390 g/mol. The lowest BCUT2D eigenvalue weighted by Gasteiger charge is -2.25. The first-order valence-electron chi connectivity index (χ1n) is 8.42. The molecule has 1 aliphatic heterocycles. The molecule has 1 aliphatic rings. The van der Waals surface area contributed by atoms with Crippen molar-refractivity contribution in [1.29, 1.82) is 0 Å². The number of amides is 1. The Morgan fingerprint density at radius 3 is 2.67 bits per heavy atom. The Bertz CT molecular complexity index is 692. The summed E-state index contributed by atoms with van der Waals surface area (Å²) >= 11 is 0. The molecule has 2 N–H and O–H groups in total. The van der Waals surface area contributed by atoms with Gasteiger partial charge in [0.1, 0.15) is 24.1 Å². The fourth-order valence-corrected chi connectivity index (χ4v) is 2.84. The van der Waals surface area contributed by atoms with Crippen LogP contribution in [0.1, 0.15) is 27.2 Å². The number of carbonyl (C=O) groups excluding carboxylic acids is 1. The van der Waals surface area contributed by atoms with E-state index in [1.54, 1.807) is 20.8 Å². The molecule has 1 aromatic rings. The number of anilines is 1. The Morgan fingerprint density at radius 2 is 2.07 bits per heavy atom. The van der Waals surface area contributed by atoms with Gasteiger partial charge in [-0.1, -0.05) is 0 Å². The van der Waals surface area contributed by atoms with Crippen molar-refractivity contribution >= 4 is 17.6 Å². The molecule has 0 aliphatic carbocycles. The van der Waals surface area contributed by atoms with E-state index in [-0.39, 0.29) is 31.0 Å². The van der Waals surface area contributed by atoms with Crippen molar-refractivity contribution in [3.8, 4) is 0 Å². The van der Waals surface area contributed by atoms with Crippen LogP contribution >= 0.6 is 0 Å². The zero-order chi connectivity index (χ0) is 20.4. The lowest BCUT2D eigenvalue weighted by atomic mass is 10.1. The van der Waals surface area contributed by atoms with Gasteiger partial charge in [0.25, 0.3) is 0 Å². The Labute approximate surface area is 155 Å². The lowest BCUT2D eigenvalue weighted by Crippen LogP contribution is -2.51. The van der Waals surface area contributed by atoms with Gasteiger partial charge in [0.15, 0.2) is 0 Å². The van der Waals surface area contributed by atoms with E-state index in [1.165, 1.54) is 16.6 Å². The van der Waals surface area contributed by atoms with Gasteiger partial charge in [-0.15, -0.1) is 0 Å². The first-order valence-corrected chi connectivity index (χ1v) is 8.42. The summed E-state index contributed by atoms with van der Waals surface area (Å²) < 4.78 is 35.3. The van der Waals surface area contributed by atoms with Gasteiger partial charge < -0.3 is 9.64 Å². The van der Waals surface area contributed by atoms with Gasteiger partial charge >= 0.3 is 11.8 Å².